The van der Waals surface area contributed by atoms with E-state index in [1.54, 1.807) is 0 Å². The SMILES string of the molecule is CC(C)(C)c1cc(-c2nc(-c3cc(C(C)(C)C)cc(C(C)(C)C)c3)nc(-c3cc(-c4ccccc4-n4c5ccc(-c6ccccc6)cc5c5cc(-c6ccccc6)ccc54)ccc3-n3c4ccccc4c4cc(-c5ccccc5)ccc43)n2)cc(C(C)(C)C)c1. The Morgan fingerprint density at radius 3 is 0.978 bits per heavy atom. The lowest BCUT2D eigenvalue weighted by atomic mass is 9.79. The molecule has 0 amide bonds. The van der Waals surface area contributed by atoms with E-state index in [4.69, 9.17) is 15.0 Å². The van der Waals surface area contributed by atoms with Gasteiger partial charge in [-0.25, -0.2) is 15.0 Å². The lowest BCUT2D eigenvalue weighted by molar-refractivity contribution is 0.568. The molecule has 0 atom stereocenters. The van der Waals surface area contributed by atoms with Crippen LogP contribution in [0.3, 0.4) is 0 Å². The van der Waals surface area contributed by atoms with Crippen molar-refractivity contribution in [3.8, 4) is 90.0 Å². The third-order valence-corrected chi connectivity index (χ3v) is 18.2. The Morgan fingerprint density at radius 2 is 0.556 bits per heavy atom. The molecule has 0 saturated carbocycles. The summed E-state index contributed by atoms with van der Waals surface area (Å²) in [4.78, 5) is 17.2. The Bertz CT molecular complexity index is 4820. The second-order valence-corrected chi connectivity index (χ2v) is 28.6. The van der Waals surface area contributed by atoms with Gasteiger partial charge in [0.1, 0.15) is 0 Å². The van der Waals surface area contributed by atoms with Crippen LogP contribution >= 0.6 is 0 Å². The molecule has 0 aliphatic rings. The molecule has 0 N–H and O–H groups in total. The van der Waals surface area contributed by atoms with E-state index in [9.17, 15) is 0 Å². The summed E-state index contributed by atoms with van der Waals surface area (Å²) in [6, 6.07) is 91.6. The fourth-order valence-corrected chi connectivity index (χ4v) is 12.9. The highest BCUT2D eigenvalue weighted by Gasteiger charge is 2.28. The molecule has 5 heteroatoms. The normalized spacial score (nSPS) is 12.4. The molecule has 442 valence electrons. The molecule has 5 nitrogen and oxygen atoms in total. The van der Waals surface area contributed by atoms with E-state index in [1.165, 1.54) is 77.2 Å². The molecule has 0 spiro atoms. The van der Waals surface area contributed by atoms with Crippen LogP contribution in [0.2, 0.25) is 0 Å². The number of fused-ring (bicyclic) bond motifs is 6. The van der Waals surface area contributed by atoms with Gasteiger partial charge in [-0.3, -0.25) is 0 Å². The van der Waals surface area contributed by atoms with Gasteiger partial charge in [-0.15, -0.1) is 0 Å². The first-order valence-electron chi connectivity index (χ1n) is 31.7. The fraction of sp³-hybridized carbons (Fsp3) is 0.188. The first-order valence-corrected chi connectivity index (χ1v) is 31.7. The number of hydrogen-bond acceptors (Lipinski definition) is 3. The molecule has 0 aliphatic carbocycles. The van der Waals surface area contributed by atoms with Crippen LogP contribution in [0.25, 0.3) is 134 Å². The van der Waals surface area contributed by atoms with Crippen LogP contribution in [0.15, 0.2) is 249 Å². The second-order valence-electron chi connectivity index (χ2n) is 28.6. The smallest absolute Gasteiger partial charge is 0.166 e. The van der Waals surface area contributed by atoms with Crippen LogP contribution in [0.4, 0.5) is 0 Å². The van der Waals surface area contributed by atoms with Crippen molar-refractivity contribution >= 4 is 43.6 Å². The van der Waals surface area contributed by atoms with Crippen molar-refractivity contribution in [2.75, 3.05) is 0 Å². The van der Waals surface area contributed by atoms with Gasteiger partial charge in [-0.1, -0.05) is 247 Å². The molecule has 0 bridgehead atoms. The van der Waals surface area contributed by atoms with Crippen molar-refractivity contribution in [2.45, 2.75) is 105 Å². The van der Waals surface area contributed by atoms with Gasteiger partial charge in [-0.2, -0.15) is 0 Å². The molecule has 90 heavy (non-hydrogen) atoms. The predicted octanol–water partition coefficient (Wildman–Crippen LogP) is 22.9. The minimum absolute atomic E-state index is 0.145. The fourth-order valence-electron chi connectivity index (χ4n) is 12.9. The van der Waals surface area contributed by atoms with E-state index in [0.29, 0.717) is 17.5 Å². The standard InChI is InChI=1S/C85H77N5/c1-82(2,3)63-44-61(45-64(52-63)83(4,5)6)79-86-80(62-46-65(84(7,8)9)53-66(47-62)85(10,11)12)88-81(87-79)72-51-60(39-43-78(72)90-74-35-25-23-33-68(74)69-48-57(36-40-75(69)90)54-26-16-13-17-27-54)67-32-22-24-34-73(67)89-76-41-37-58(55-28-18-14-19-29-55)49-70(76)71-50-59(38-42-77(71)89)56-30-20-15-21-31-56/h13-53H,1-12H3. The summed E-state index contributed by atoms with van der Waals surface area (Å²) in [6.45, 7) is 27.5. The molecule has 0 aliphatic heterocycles. The first-order chi connectivity index (χ1) is 43.1. The van der Waals surface area contributed by atoms with E-state index in [-0.39, 0.29) is 21.7 Å². The van der Waals surface area contributed by atoms with Gasteiger partial charge in [-0.05, 0) is 168 Å². The summed E-state index contributed by atoms with van der Waals surface area (Å²) in [5, 5.41) is 4.72. The van der Waals surface area contributed by atoms with Gasteiger partial charge in [0.15, 0.2) is 17.5 Å². The Balaban J connectivity index is 1.07. The largest absolute Gasteiger partial charge is 0.309 e. The molecule has 0 unspecified atom stereocenters. The predicted molar refractivity (Wildman–Crippen MR) is 381 cm³/mol. The van der Waals surface area contributed by atoms with Crippen molar-refractivity contribution in [3.05, 3.63) is 271 Å². The van der Waals surface area contributed by atoms with Gasteiger partial charge in [0.2, 0.25) is 0 Å². The van der Waals surface area contributed by atoms with Gasteiger partial charge in [0.05, 0.1) is 33.4 Å². The summed E-state index contributed by atoms with van der Waals surface area (Å²) in [7, 11) is 0. The number of rotatable bonds is 9. The summed E-state index contributed by atoms with van der Waals surface area (Å²) >= 11 is 0. The van der Waals surface area contributed by atoms with Gasteiger partial charge >= 0.3 is 0 Å². The molecule has 3 aromatic heterocycles. The molecular formula is C85H77N5. The average molecular weight is 1170 g/mol. The third-order valence-electron chi connectivity index (χ3n) is 18.2. The van der Waals surface area contributed by atoms with Gasteiger partial charge in [0.25, 0.3) is 0 Å². The van der Waals surface area contributed by atoms with E-state index in [0.717, 1.165) is 61.3 Å². The summed E-state index contributed by atoms with van der Waals surface area (Å²) < 4.78 is 4.91. The van der Waals surface area contributed by atoms with Crippen LogP contribution in [-0.4, -0.2) is 24.1 Å². The Kier molecular flexibility index (Phi) is 14.1. The number of benzene rings is 11. The monoisotopic (exact) mass is 1170 g/mol. The molecule has 0 radical (unpaired) electrons. The van der Waals surface area contributed by atoms with Crippen LogP contribution in [0.1, 0.15) is 105 Å². The van der Waals surface area contributed by atoms with Crippen LogP contribution in [0.5, 0.6) is 0 Å². The lowest BCUT2D eigenvalue weighted by Gasteiger charge is -2.26. The van der Waals surface area contributed by atoms with Crippen molar-refractivity contribution in [1.29, 1.82) is 0 Å². The maximum absolute atomic E-state index is 5.79. The van der Waals surface area contributed by atoms with Gasteiger partial charge < -0.3 is 9.13 Å². The zero-order valence-corrected chi connectivity index (χ0v) is 53.9. The summed E-state index contributed by atoms with van der Waals surface area (Å²) in [5.41, 5.74) is 22.8. The first kappa shape index (κ1) is 57.8. The maximum atomic E-state index is 5.79. The number of aromatic nitrogens is 5. The second kappa shape index (κ2) is 22.0. The highest BCUT2D eigenvalue weighted by Crippen LogP contribution is 2.45. The van der Waals surface area contributed by atoms with Crippen molar-refractivity contribution in [3.63, 3.8) is 0 Å². The number of para-hydroxylation sites is 2. The minimum Gasteiger partial charge on any atom is -0.309 e. The Morgan fingerprint density at radius 1 is 0.222 bits per heavy atom. The minimum atomic E-state index is -0.145. The highest BCUT2D eigenvalue weighted by molar-refractivity contribution is 6.13. The number of hydrogen-bond donors (Lipinski definition) is 0. The Labute approximate surface area is 530 Å². The topological polar surface area (TPSA) is 48.5 Å². The van der Waals surface area contributed by atoms with E-state index >= 15 is 0 Å². The third kappa shape index (κ3) is 10.7. The van der Waals surface area contributed by atoms with Crippen molar-refractivity contribution < 1.29 is 0 Å². The summed E-state index contributed by atoms with van der Waals surface area (Å²) in [6.07, 6.45) is 0. The lowest BCUT2D eigenvalue weighted by Crippen LogP contribution is -2.17. The molecule has 11 aromatic carbocycles. The molecule has 14 aromatic rings. The quantitative estimate of drug-likeness (QED) is 0.145. The molecule has 0 saturated heterocycles. The van der Waals surface area contributed by atoms with E-state index < -0.39 is 0 Å². The van der Waals surface area contributed by atoms with Crippen LogP contribution < -0.4 is 0 Å². The zero-order valence-electron chi connectivity index (χ0n) is 53.9. The summed E-state index contributed by atoms with van der Waals surface area (Å²) in [5.74, 6) is 1.85. The van der Waals surface area contributed by atoms with Crippen molar-refractivity contribution in [2.24, 2.45) is 0 Å². The van der Waals surface area contributed by atoms with Crippen molar-refractivity contribution in [1.82, 2.24) is 24.1 Å². The Hall–Kier alpha value is -9.97. The van der Waals surface area contributed by atoms with E-state index in [2.05, 4.69) is 341 Å². The highest BCUT2D eigenvalue weighted by atomic mass is 15.1. The molecule has 0 fully saturated rings. The van der Waals surface area contributed by atoms with Crippen LogP contribution in [-0.2, 0) is 21.7 Å². The van der Waals surface area contributed by atoms with Gasteiger partial charge in [0, 0.05) is 43.8 Å². The number of nitrogens with zero attached hydrogens (tertiary/aromatic N) is 5. The molecular weight excluding hydrogens is 1090 g/mol. The maximum Gasteiger partial charge on any atom is 0.166 e. The average Bonchev–Trinajstić information content (AvgIpc) is 1.56. The van der Waals surface area contributed by atoms with Crippen LogP contribution in [0, 0.1) is 0 Å². The zero-order chi connectivity index (χ0) is 62.4. The molecule has 14 rings (SSSR count). The molecule has 3 heterocycles. The van der Waals surface area contributed by atoms with E-state index in [1.807, 2.05) is 0 Å².